The van der Waals surface area contributed by atoms with Crippen molar-refractivity contribution in [2.75, 3.05) is 0 Å². The maximum Gasteiger partial charge on any atom is 0.416 e. The minimum atomic E-state index is -4.53. The first-order chi connectivity index (χ1) is 14.6. The number of thiazole rings is 1. The predicted molar refractivity (Wildman–Crippen MR) is 104 cm³/mol. The van der Waals surface area contributed by atoms with E-state index < -0.39 is 29.5 Å². The van der Waals surface area contributed by atoms with Crippen LogP contribution < -0.4 is 0 Å². The summed E-state index contributed by atoms with van der Waals surface area (Å²) in [5.41, 5.74) is -0.118. The van der Waals surface area contributed by atoms with Gasteiger partial charge in [0.25, 0.3) is 11.8 Å². The van der Waals surface area contributed by atoms with Gasteiger partial charge in [-0.05, 0) is 37.6 Å². The summed E-state index contributed by atoms with van der Waals surface area (Å²) in [6, 6.07) is 9.79. The van der Waals surface area contributed by atoms with Crippen LogP contribution in [0.2, 0.25) is 0 Å². The van der Waals surface area contributed by atoms with E-state index in [1.165, 1.54) is 38.1 Å². The molecule has 1 aromatic heterocycles. The average molecular weight is 446 g/mol. The molecule has 2 amide bonds. The molecule has 158 valence electrons. The molecule has 0 saturated heterocycles. The number of benzene rings is 2. The third-order valence-electron chi connectivity index (χ3n) is 4.70. The van der Waals surface area contributed by atoms with Gasteiger partial charge in [0.15, 0.2) is 0 Å². The van der Waals surface area contributed by atoms with Crippen molar-refractivity contribution in [3.8, 4) is 10.6 Å². The fourth-order valence-corrected chi connectivity index (χ4v) is 4.08. The highest BCUT2D eigenvalue weighted by Gasteiger charge is 2.39. The number of carbonyl (C=O) groups is 3. The summed E-state index contributed by atoms with van der Waals surface area (Å²) in [5, 5.41) is 0.553. The Morgan fingerprint density at radius 1 is 1.03 bits per heavy atom. The smallest absolute Gasteiger partial charge is 0.323 e. The van der Waals surface area contributed by atoms with Crippen molar-refractivity contribution in [2.24, 2.45) is 0 Å². The number of hydrogen-bond donors (Lipinski definition) is 0. The van der Waals surface area contributed by atoms with E-state index in [4.69, 9.17) is 4.84 Å². The van der Waals surface area contributed by atoms with E-state index in [2.05, 4.69) is 4.98 Å². The highest BCUT2D eigenvalue weighted by Crippen LogP contribution is 2.36. The molecule has 1 aliphatic heterocycles. The Balaban J connectivity index is 1.61. The number of aromatic nitrogens is 1. The summed E-state index contributed by atoms with van der Waals surface area (Å²) in [6.07, 6.45) is -4.53. The number of amides is 2. The monoisotopic (exact) mass is 446 g/mol. The number of hydrogen-bond acceptors (Lipinski definition) is 6. The quantitative estimate of drug-likeness (QED) is 0.540. The summed E-state index contributed by atoms with van der Waals surface area (Å²) in [4.78, 5) is 46.5. The van der Waals surface area contributed by atoms with Crippen LogP contribution >= 0.6 is 11.3 Å². The first-order valence-electron chi connectivity index (χ1n) is 8.93. The minimum absolute atomic E-state index is 0.0271. The molecule has 31 heavy (non-hydrogen) atoms. The van der Waals surface area contributed by atoms with Gasteiger partial charge >= 0.3 is 12.1 Å². The Bertz CT molecular complexity index is 1210. The van der Waals surface area contributed by atoms with Crippen molar-refractivity contribution in [2.45, 2.75) is 20.0 Å². The lowest BCUT2D eigenvalue weighted by atomic mass is 10.0. The highest BCUT2D eigenvalue weighted by molar-refractivity contribution is 7.17. The van der Waals surface area contributed by atoms with Crippen LogP contribution in [-0.2, 0) is 11.0 Å². The van der Waals surface area contributed by atoms with Gasteiger partial charge < -0.3 is 4.84 Å². The molecule has 4 rings (SSSR count). The van der Waals surface area contributed by atoms with Crippen molar-refractivity contribution in [1.29, 1.82) is 0 Å². The van der Waals surface area contributed by atoms with E-state index in [0.717, 1.165) is 17.4 Å². The van der Waals surface area contributed by atoms with Crippen LogP contribution in [0.1, 0.15) is 47.2 Å². The van der Waals surface area contributed by atoms with Gasteiger partial charge in [0.05, 0.1) is 22.4 Å². The molecule has 0 fully saturated rings. The van der Waals surface area contributed by atoms with Gasteiger partial charge in [0.2, 0.25) is 0 Å². The standard InChI is InChI=1S/C21H13F3N2O4S/c1-10-7-8-12(9-15(10)21(22,23)24)17-25-11(2)16(31-17)20(29)30-26-18(27)13-5-3-4-6-14(13)19(26)28/h3-9H,1-2H3. The Kier molecular flexibility index (Phi) is 4.89. The third kappa shape index (κ3) is 3.59. The number of hydroxylamine groups is 2. The zero-order valence-electron chi connectivity index (χ0n) is 16.1. The van der Waals surface area contributed by atoms with Crippen molar-refractivity contribution in [1.82, 2.24) is 10.0 Å². The van der Waals surface area contributed by atoms with E-state index in [9.17, 15) is 27.6 Å². The van der Waals surface area contributed by atoms with Gasteiger partial charge in [-0.3, -0.25) is 9.59 Å². The van der Waals surface area contributed by atoms with Crippen molar-refractivity contribution in [3.63, 3.8) is 0 Å². The van der Waals surface area contributed by atoms with Gasteiger partial charge in [-0.25, -0.2) is 9.78 Å². The van der Waals surface area contributed by atoms with Crippen LogP contribution in [0.15, 0.2) is 42.5 Å². The van der Waals surface area contributed by atoms with Crippen LogP contribution in [-0.4, -0.2) is 27.8 Å². The molecule has 1 aliphatic rings. The highest BCUT2D eigenvalue weighted by atomic mass is 32.1. The van der Waals surface area contributed by atoms with Crippen LogP contribution in [0, 0.1) is 13.8 Å². The number of rotatable bonds is 3. The molecule has 0 spiro atoms. The molecule has 0 atom stereocenters. The number of nitrogens with zero attached hydrogens (tertiary/aromatic N) is 2. The number of imide groups is 1. The molecule has 0 radical (unpaired) electrons. The van der Waals surface area contributed by atoms with Crippen molar-refractivity contribution >= 4 is 29.1 Å². The molecular weight excluding hydrogens is 433 g/mol. The van der Waals surface area contributed by atoms with Crippen molar-refractivity contribution < 1.29 is 32.4 Å². The molecule has 0 aliphatic carbocycles. The summed E-state index contributed by atoms with van der Waals surface area (Å²) in [7, 11) is 0. The van der Waals surface area contributed by atoms with Gasteiger partial charge in [0, 0.05) is 5.56 Å². The van der Waals surface area contributed by atoms with Crippen LogP contribution in [0.25, 0.3) is 10.6 Å². The predicted octanol–water partition coefficient (Wildman–Crippen LogP) is 4.81. The zero-order valence-corrected chi connectivity index (χ0v) is 16.9. The van der Waals surface area contributed by atoms with E-state index in [1.807, 2.05) is 0 Å². The van der Waals surface area contributed by atoms with Gasteiger partial charge in [-0.2, -0.15) is 13.2 Å². The Morgan fingerprint density at radius 2 is 1.65 bits per heavy atom. The summed E-state index contributed by atoms with van der Waals surface area (Å²) < 4.78 is 39.6. The average Bonchev–Trinajstić information content (AvgIpc) is 3.21. The van der Waals surface area contributed by atoms with E-state index in [0.29, 0.717) is 5.06 Å². The van der Waals surface area contributed by atoms with Crippen LogP contribution in [0.3, 0.4) is 0 Å². The number of halogens is 3. The van der Waals surface area contributed by atoms with Crippen LogP contribution in [0.5, 0.6) is 0 Å². The lowest BCUT2D eigenvalue weighted by Crippen LogP contribution is -2.32. The normalized spacial score (nSPS) is 13.5. The lowest BCUT2D eigenvalue weighted by molar-refractivity contribution is -0.138. The largest absolute Gasteiger partial charge is 0.416 e. The Morgan fingerprint density at radius 3 is 2.23 bits per heavy atom. The lowest BCUT2D eigenvalue weighted by Gasteiger charge is -2.12. The van der Waals surface area contributed by atoms with Gasteiger partial charge in [-0.1, -0.05) is 29.3 Å². The van der Waals surface area contributed by atoms with Crippen molar-refractivity contribution in [3.05, 3.63) is 75.3 Å². The second kappa shape index (κ2) is 7.31. The molecule has 0 N–H and O–H groups in total. The van der Waals surface area contributed by atoms with E-state index in [-0.39, 0.29) is 37.8 Å². The third-order valence-corrected chi connectivity index (χ3v) is 5.89. The first-order valence-corrected chi connectivity index (χ1v) is 9.75. The topological polar surface area (TPSA) is 76.6 Å². The molecule has 0 unspecified atom stereocenters. The van der Waals surface area contributed by atoms with Gasteiger partial charge in [0.1, 0.15) is 9.88 Å². The number of fused-ring (bicyclic) bond motifs is 1. The second-order valence-electron chi connectivity index (χ2n) is 6.79. The molecule has 0 saturated carbocycles. The number of alkyl halides is 3. The zero-order chi connectivity index (χ0) is 22.5. The summed E-state index contributed by atoms with van der Waals surface area (Å²) in [6.45, 7) is 2.84. The Hall–Kier alpha value is -3.53. The molecule has 3 aromatic rings. The Labute approximate surface area is 177 Å². The summed E-state index contributed by atoms with van der Waals surface area (Å²) >= 11 is 0.813. The first kappa shape index (κ1) is 20.7. The molecule has 2 aromatic carbocycles. The molecule has 0 bridgehead atoms. The van der Waals surface area contributed by atoms with E-state index in [1.54, 1.807) is 12.1 Å². The molecule has 6 nitrogen and oxygen atoms in total. The fraction of sp³-hybridized carbons (Fsp3) is 0.143. The molecular formula is C21H13F3N2O4S. The molecule has 10 heteroatoms. The maximum atomic E-state index is 13.2. The summed E-state index contributed by atoms with van der Waals surface area (Å²) in [5.74, 6) is -2.55. The molecule has 2 heterocycles. The fourth-order valence-electron chi connectivity index (χ4n) is 3.14. The second-order valence-corrected chi connectivity index (χ2v) is 7.79. The number of carbonyl (C=O) groups excluding carboxylic acids is 3. The SMILES string of the molecule is Cc1ccc(-c2nc(C)c(C(=O)ON3C(=O)c4ccccc4C3=O)s2)cc1C(F)(F)F. The number of aryl methyl sites for hydroxylation is 2. The minimum Gasteiger partial charge on any atom is -0.323 e. The van der Waals surface area contributed by atoms with Crippen LogP contribution in [0.4, 0.5) is 13.2 Å². The van der Waals surface area contributed by atoms with E-state index >= 15 is 0 Å². The van der Waals surface area contributed by atoms with Gasteiger partial charge in [-0.15, -0.1) is 11.3 Å². The maximum absolute atomic E-state index is 13.2.